The topological polar surface area (TPSA) is 94.7 Å². The molecule has 0 saturated carbocycles. The summed E-state index contributed by atoms with van der Waals surface area (Å²) in [6, 6.07) is 1.42. The van der Waals surface area contributed by atoms with E-state index in [2.05, 4.69) is 15.2 Å². The zero-order chi connectivity index (χ0) is 19.4. The second-order valence-electron chi connectivity index (χ2n) is 7.04. The smallest absolute Gasteiger partial charge is 0.267 e. The van der Waals surface area contributed by atoms with E-state index in [-0.39, 0.29) is 28.7 Å². The van der Waals surface area contributed by atoms with E-state index in [0.717, 1.165) is 31.1 Å². The highest BCUT2D eigenvalue weighted by molar-refractivity contribution is 7.99. The summed E-state index contributed by atoms with van der Waals surface area (Å²) in [5, 5.41) is 2.86. The standard InChI is InChI=1S/C17H28N4O4S2/c1-13-11-20(12-14(2)25-13)4-3-18-17(22)16-9-15(10-19-16)27(23,24)21-5-7-26-8-6-21/h9-10,13-14,19H,3-8,11-12H2,1-2H3,(H,18,22). The van der Waals surface area contributed by atoms with Crippen molar-refractivity contribution in [2.45, 2.75) is 31.0 Å². The lowest BCUT2D eigenvalue weighted by molar-refractivity contribution is -0.0672. The number of sulfonamides is 1. The molecule has 3 rings (SSSR count). The third kappa shape index (κ3) is 5.26. The molecule has 10 heteroatoms. The van der Waals surface area contributed by atoms with E-state index in [1.807, 2.05) is 13.8 Å². The SMILES string of the molecule is CC1CN(CCNC(=O)c2cc(S(=O)(=O)N3CCSCC3)c[nH]2)CC(C)O1. The molecule has 27 heavy (non-hydrogen) atoms. The fourth-order valence-corrected chi connectivity index (χ4v) is 6.05. The van der Waals surface area contributed by atoms with Gasteiger partial charge in [0.1, 0.15) is 10.6 Å². The van der Waals surface area contributed by atoms with E-state index in [0.29, 0.717) is 19.6 Å². The van der Waals surface area contributed by atoms with Crippen molar-refractivity contribution < 1.29 is 17.9 Å². The number of hydrogen-bond donors (Lipinski definition) is 2. The van der Waals surface area contributed by atoms with Crippen molar-refractivity contribution in [1.82, 2.24) is 19.5 Å². The highest BCUT2D eigenvalue weighted by atomic mass is 32.2. The number of aromatic amines is 1. The van der Waals surface area contributed by atoms with Gasteiger partial charge in [-0.1, -0.05) is 0 Å². The molecule has 2 atom stereocenters. The second-order valence-corrected chi connectivity index (χ2v) is 10.2. The molecule has 2 aliphatic rings. The van der Waals surface area contributed by atoms with E-state index in [4.69, 9.17) is 4.74 Å². The van der Waals surface area contributed by atoms with Gasteiger partial charge in [-0.15, -0.1) is 0 Å². The number of H-pyrrole nitrogens is 1. The van der Waals surface area contributed by atoms with Crippen LogP contribution in [-0.4, -0.2) is 91.5 Å². The highest BCUT2D eigenvalue weighted by Gasteiger charge is 2.28. The van der Waals surface area contributed by atoms with Crippen molar-refractivity contribution in [1.29, 1.82) is 0 Å². The summed E-state index contributed by atoms with van der Waals surface area (Å²) < 4.78 is 32.5. The average molecular weight is 417 g/mol. The van der Waals surface area contributed by atoms with Gasteiger partial charge in [-0.3, -0.25) is 9.69 Å². The molecule has 2 aliphatic heterocycles. The molecule has 8 nitrogen and oxygen atoms in total. The normalized spacial score (nSPS) is 25.4. The van der Waals surface area contributed by atoms with Crippen molar-refractivity contribution in [2.75, 3.05) is 50.8 Å². The summed E-state index contributed by atoms with van der Waals surface area (Å²) in [7, 11) is -3.54. The first-order valence-electron chi connectivity index (χ1n) is 9.28. The van der Waals surface area contributed by atoms with Crippen LogP contribution >= 0.6 is 11.8 Å². The number of nitrogens with zero attached hydrogens (tertiary/aromatic N) is 2. The number of rotatable bonds is 6. The van der Waals surface area contributed by atoms with Crippen LogP contribution in [0, 0.1) is 0 Å². The maximum absolute atomic E-state index is 12.7. The molecule has 1 aromatic rings. The van der Waals surface area contributed by atoms with Crippen LogP contribution in [0.15, 0.2) is 17.2 Å². The number of nitrogens with one attached hydrogen (secondary N) is 2. The van der Waals surface area contributed by atoms with E-state index < -0.39 is 10.0 Å². The summed E-state index contributed by atoms with van der Waals surface area (Å²) in [4.78, 5) is 17.5. The highest BCUT2D eigenvalue weighted by Crippen LogP contribution is 2.20. The summed E-state index contributed by atoms with van der Waals surface area (Å²) in [5.41, 5.74) is 0.267. The van der Waals surface area contributed by atoms with Crippen LogP contribution in [0.25, 0.3) is 0 Å². The Morgan fingerprint density at radius 1 is 1.30 bits per heavy atom. The Morgan fingerprint density at radius 3 is 2.63 bits per heavy atom. The lowest BCUT2D eigenvalue weighted by atomic mass is 10.2. The van der Waals surface area contributed by atoms with Crippen molar-refractivity contribution >= 4 is 27.7 Å². The molecule has 0 aliphatic carbocycles. The van der Waals surface area contributed by atoms with E-state index >= 15 is 0 Å². The number of carbonyl (C=O) groups is 1. The van der Waals surface area contributed by atoms with Gasteiger partial charge in [0.2, 0.25) is 10.0 Å². The molecule has 0 radical (unpaired) electrons. The minimum absolute atomic E-state index is 0.148. The number of amides is 1. The Bertz CT molecular complexity index is 736. The molecular formula is C17H28N4O4S2. The van der Waals surface area contributed by atoms with Crippen molar-refractivity contribution in [2.24, 2.45) is 0 Å². The fourth-order valence-electron chi connectivity index (χ4n) is 3.48. The Hall–Kier alpha value is -1.07. The summed E-state index contributed by atoms with van der Waals surface area (Å²) in [6.07, 6.45) is 1.78. The molecule has 2 unspecified atom stereocenters. The van der Waals surface area contributed by atoms with Crippen LogP contribution < -0.4 is 5.32 Å². The van der Waals surface area contributed by atoms with E-state index in [1.54, 1.807) is 11.8 Å². The van der Waals surface area contributed by atoms with Gasteiger partial charge in [-0.2, -0.15) is 16.1 Å². The molecule has 2 saturated heterocycles. The number of aromatic nitrogens is 1. The van der Waals surface area contributed by atoms with Gasteiger partial charge in [-0.25, -0.2) is 8.42 Å². The number of ether oxygens (including phenoxy) is 1. The van der Waals surface area contributed by atoms with Crippen LogP contribution in [0.5, 0.6) is 0 Å². The summed E-state index contributed by atoms with van der Waals surface area (Å²) in [6.45, 7) is 8.04. The predicted molar refractivity (Wildman–Crippen MR) is 106 cm³/mol. The number of thioether (sulfide) groups is 1. The third-order valence-corrected chi connectivity index (χ3v) is 7.54. The van der Waals surface area contributed by atoms with Crippen molar-refractivity contribution in [3.8, 4) is 0 Å². The molecule has 1 aromatic heterocycles. The summed E-state index contributed by atoms with van der Waals surface area (Å²) >= 11 is 1.75. The van der Waals surface area contributed by atoms with Crippen LogP contribution in [0.3, 0.4) is 0 Å². The molecule has 152 valence electrons. The molecule has 2 fully saturated rings. The zero-order valence-corrected chi connectivity index (χ0v) is 17.4. The number of morpholine rings is 1. The van der Waals surface area contributed by atoms with Gasteiger partial charge in [0.25, 0.3) is 5.91 Å². The van der Waals surface area contributed by atoms with Crippen LogP contribution in [0.4, 0.5) is 0 Å². The van der Waals surface area contributed by atoms with Gasteiger partial charge in [0.15, 0.2) is 0 Å². The quantitative estimate of drug-likeness (QED) is 0.705. The Morgan fingerprint density at radius 2 is 1.96 bits per heavy atom. The maximum atomic E-state index is 12.7. The van der Waals surface area contributed by atoms with Gasteiger partial charge in [-0.05, 0) is 19.9 Å². The lowest BCUT2D eigenvalue weighted by Crippen LogP contribution is -2.47. The monoisotopic (exact) mass is 416 g/mol. The fraction of sp³-hybridized carbons (Fsp3) is 0.706. The van der Waals surface area contributed by atoms with Crippen LogP contribution in [0.1, 0.15) is 24.3 Å². The molecule has 0 aromatic carbocycles. The predicted octanol–water partition coefficient (Wildman–Crippen LogP) is 0.591. The van der Waals surface area contributed by atoms with Crippen LogP contribution in [0.2, 0.25) is 0 Å². The number of carbonyl (C=O) groups excluding carboxylic acids is 1. The van der Waals surface area contributed by atoms with Crippen molar-refractivity contribution in [3.05, 3.63) is 18.0 Å². The van der Waals surface area contributed by atoms with Gasteiger partial charge in [0, 0.05) is 57.0 Å². The van der Waals surface area contributed by atoms with Gasteiger partial charge < -0.3 is 15.0 Å². The first kappa shape index (κ1) is 20.7. The molecule has 0 spiro atoms. The van der Waals surface area contributed by atoms with E-state index in [1.165, 1.54) is 16.6 Å². The molecule has 2 N–H and O–H groups in total. The second kappa shape index (κ2) is 8.95. The van der Waals surface area contributed by atoms with Gasteiger partial charge >= 0.3 is 0 Å². The minimum Gasteiger partial charge on any atom is -0.373 e. The third-order valence-electron chi connectivity index (χ3n) is 4.72. The Labute approximate surface area is 165 Å². The molecule has 0 bridgehead atoms. The molecule has 1 amide bonds. The molecular weight excluding hydrogens is 388 g/mol. The van der Waals surface area contributed by atoms with Crippen LogP contribution in [-0.2, 0) is 14.8 Å². The first-order chi connectivity index (χ1) is 12.9. The average Bonchev–Trinajstić information content (AvgIpc) is 3.13. The minimum atomic E-state index is -3.54. The largest absolute Gasteiger partial charge is 0.373 e. The first-order valence-corrected chi connectivity index (χ1v) is 11.9. The Balaban J connectivity index is 1.52. The van der Waals surface area contributed by atoms with Crippen molar-refractivity contribution in [3.63, 3.8) is 0 Å². The maximum Gasteiger partial charge on any atom is 0.267 e. The Kier molecular flexibility index (Phi) is 6.85. The summed E-state index contributed by atoms with van der Waals surface area (Å²) in [5.74, 6) is 1.31. The number of hydrogen-bond acceptors (Lipinski definition) is 6. The lowest BCUT2D eigenvalue weighted by Gasteiger charge is -2.35. The zero-order valence-electron chi connectivity index (χ0n) is 15.8. The molecule has 3 heterocycles. The van der Waals surface area contributed by atoms with Gasteiger partial charge in [0.05, 0.1) is 12.2 Å². The van der Waals surface area contributed by atoms with E-state index in [9.17, 15) is 13.2 Å².